The lowest BCUT2D eigenvalue weighted by atomic mass is 10.2. The minimum absolute atomic E-state index is 0.00521. The summed E-state index contributed by atoms with van der Waals surface area (Å²) >= 11 is 0. The Balaban J connectivity index is 1.47. The van der Waals surface area contributed by atoms with Gasteiger partial charge in [0.15, 0.2) is 0 Å². The predicted molar refractivity (Wildman–Crippen MR) is 90.0 cm³/mol. The van der Waals surface area contributed by atoms with E-state index in [-0.39, 0.29) is 35.9 Å². The van der Waals surface area contributed by atoms with E-state index >= 15 is 0 Å². The van der Waals surface area contributed by atoms with Crippen molar-refractivity contribution in [2.75, 3.05) is 0 Å². The van der Waals surface area contributed by atoms with Gasteiger partial charge in [0, 0.05) is 24.0 Å². The zero-order valence-electron chi connectivity index (χ0n) is 13.9. The lowest BCUT2D eigenvalue weighted by Gasteiger charge is -2.06. The van der Waals surface area contributed by atoms with Crippen molar-refractivity contribution in [2.24, 2.45) is 0 Å². The summed E-state index contributed by atoms with van der Waals surface area (Å²) in [5.41, 5.74) is 5.27. The molecule has 3 rings (SSSR count). The minimum Gasteiger partial charge on any atom is -0.339 e. The first-order chi connectivity index (χ1) is 13.0. The molecule has 0 atom stereocenters. The molecule has 2 N–H and O–H groups in total. The van der Waals surface area contributed by atoms with Gasteiger partial charge >= 0.3 is 0 Å². The van der Waals surface area contributed by atoms with Gasteiger partial charge in [0.2, 0.25) is 17.6 Å². The molecule has 1 heterocycles. The molecule has 3 aromatic rings. The van der Waals surface area contributed by atoms with Crippen LogP contribution < -0.4 is 10.9 Å². The Bertz CT molecular complexity index is 940. The number of carbonyl (C=O) groups excluding carboxylic acids is 2. The highest BCUT2D eigenvalue weighted by Crippen LogP contribution is 2.16. The van der Waals surface area contributed by atoms with Crippen molar-refractivity contribution in [1.29, 1.82) is 0 Å². The van der Waals surface area contributed by atoms with E-state index in [9.17, 15) is 18.4 Å². The van der Waals surface area contributed by atoms with Crippen LogP contribution in [0.1, 0.15) is 22.7 Å². The van der Waals surface area contributed by atoms with Gasteiger partial charge in [-0.1, -0.05) is 5.16 Å². The number of aryl methyl sites for hydroxylation is 1. The third kappa shape index (κ3) is 4.94. The van der Waals surface area contributed by atoms with Gasteiger partial charge in [0.25, 0.3) is 5.91 Å². The fourth-order valence-corrected chi connectivity index (χ4v) is 2.16. The Labute approximate surface area is 152 Å². The van der Waals surface area contributed by atoms with Gasteiger partial charge in [0.05, 0.1) is 0 Å². The van der Waals surface area contributed by atoms with E-state index in [0.29, 0.717) is 5.56 Å². The molecule has 2 aromatic carbocycles. The number of nitrogens with zero attached hydrogens (tertiary/aromatic N) is 2. The second-order valence-electron chi connectivity index (χ2n) is 5.53. The molecule has 9 heteroatoms. The molecule has 2 amide bonds. The second kappa shape index (κ2) is 8.17. The molecular formula is C18H14F2N4O3. The van der Waals surface area contributed by atoms with E-state index in [0.717, 1.165) is 12.1 Å². The van der Waals surface area contributed by atoms with Crippen LogP contribution in [0.2, 0.25) is 0 Å². The van der Waals surface area contributed by atoms with Gasteiger partial charge in [-0.15, -0.1) is 0 Å². The molecular weight excluding hydrogens is 358 g/mol. The number of aromatic nitrogens is 2. The number of halogens is 2. The number of amides is 2. The summed E-state index contributed by atoms with van der Waals surface area (Å²) in [6, 6.07) is 10.5. The molecule has 0 fully saturated rings. The molecule has 1 aromatic heterocycles. The SMILES string of the molecule is O=C(CCc1nc(-c2ccc(F)cc2)no1)NNC(=O)c1ccc(F)cc1. The summed E-state index contributed by atoms with van der Waals surface area (Å²) in [7, 11) is 0. The maximum atomic E-state index is 12.9. The molecule has 0 saturated heterocycles. The van der Waals surface area contributed by atoms with E-state index in [1.54, 1.807) is 0 Å². The Morgan fingerprint density at radius 1 is 0.926 bits per heavy atom. The number of carbonyl (C=O) groups is 2. The molecule has 0 aliphatic heterocycles. The summed E-state index contributed by atoms with van der Waals surface area (Å²) in [4.78, 5) is 27.7. The molecule has 0 aliphatic carbocycles. The zero-order chi connectivity index (χ0) is 19.2. The first-order valence-corrected chi connectivity index (χ1v) is 7.94. The smallest absolute Gasteiger partial charge is 0.269 e. The summed E-state index contributed by atoms with van der Waals surface area (Å²) in [5.74, 6) is -1.35. The van der Waals surface area contributed by atoms with Crippen LogP contribution in [-0.4, -0.2) is 22.0 Å². The predicted octanol–water partition coefficient (Wildman–Crippen LogP) is 2.41. The molecule has 0 saturated carbocycles. The number of hydrogen-bond donors (Lipinski definition) is 2. The Hall–Kier alpha value is -3.62. The van der Waals surface area contributed by atoms with Crippen molar-refractivity contribution >= 4 is 11.8 Å². The third-order valence-electron chi connectivity index (χ3n) is 3.56. The van der Waals surface area contributed by atoms with Gasteiger partial charge in [-0.25, -0.2) is 8.78 Å². The first-order valence-electron chi connectivity index (χ1n) is 7.94. The molecule has 0 aliphatic rings. The lowest BCUT2D eigenvalue weighted by molar-refractivity contribution is -0.121. The van der Waals surface area contributed by atoms with Crippen LogP contribution in [0.15, 0.2) is 53.1 Å². The van der Waals surface area contributed by atoms with Crippen LogP contribution >= 0.6 is 0 Å². The van der Waals surface area contributed by atoms with E-state index in [1.165, 1.54) is 36.4 Å². The van der Waals surface area contributed by atoms with E-state index in [4.69, 9.17) is 4.52 Å². The van der Waals surface area contributed by atoms with Crippen LogP contribution in [0.5, 0.6) is 0 Å². The second-order valence-corrected chi connectivity index (χ2v) is 5.53. The normalized spacial score (nSPS) is 10.4. The zero-order valence-corrected chi connectivity index (χ0v) is 13.9. The van der Waals surface area contributed by atoms with Crippen LogP contribution in [-0.2, 0) is 11.2 Å². The molecule has 27 heavy (non-hydrogen) atoms. The van der Waals surface area contributed by atoms with Gasteiger partial charge in [-0.3, -0.25) is 20.4 Å². The average molecular weight is 372 g/mol. The first kappa shape index (κ1) is 18.2. The highest BCUT2D eigenvalue weighted by molar-refractivity contribution is 5.95. The molecule has 0 spiro atoms. The van der Waals surface area contributed by atoms with Crippen molar-refractivity contribution in [3.63, 3.8) is 0 Å². The standard InChI is InChI=1S/C18H14F2N4O3/c19-13-5-1-11(2-6-13)17-21-16(27-24-17)10-9-15(25)22-23-18(26)12-3-7-14(20)8-4-12/h1-8H,9-10H2,(H,22,25)(H,23,26). The van der Waals surface area contributed by atoms with Crippen molar-refractivity contribution in [1.82, 2.24) is 21.0 Å². The van der Waals surface area contributed by atoms with E-state index in [1.807, 2.05) is 0 Å². The van der Waals surface area contributed by atoms with E-state index in [2.05, 4.69) is 21.0 Å². The summed E-state index contributed by atoms with van der Waals surface area (Å²) in [5, 5.41) is 3.77. The number of hydrazine groups is 1. The number of benzene rings is 2. The quantitative estimate of drug-likeness (QED) is 0.671. The average Bonchev–Trinajstić information content (AvgIpc) is 3.14. The highest BCUT2D eigenvalue weighted by atomic mass is 19.1. The maximum absolute atomic E-state index is 12.9. The van der Waals surface area contributed by atoms with Crippen molar-refractivity contribution in [2.45, 2.75) is 12.8 Å². The topological polar surface area (TPSA) is 97.1 Å². The summed E-state index contributed by atoms with van der Waals surface area (Å²) < 4.78 is 30.8. The number of hydrogen-bond acceptors (Lipinski definition) is 5. The maximum Gasteiger partial charge on any atom is 0.269 e. The van der Waals surface area contributed by atoms with E-state index < -0.39 is 17.6 Å². The summed E-state index contributed by atoms with van der Waals surface area (Å²) in [6.07, 6.45) is 0.154. The third-order valence-corrected chi connectivity index (χ3v) is 3.56. The minimum atomic E-state index is -0.570. The van der Waals surface area contributed by atoms with Gasteiger partial charge in [0.1, 0.15) is 11.6 Å². The van der Waals surface area contributed by atoms with Gasteiger partial charge < -0.3 is 4.52 Å². The molecule has 0 unspecified atom stereocenters. The van der Waals surface area contributed by atoms with Gasteiger partial charge in [-0.05, 0) is 48.5 Å². The highest BCUT2D eigenvalue weighted by Gasteiger charge is 2.12. The monoisotopic (exact) mass is 372 g/mol. The van der Waals surface area contributed by atoms with Gasteiger partial charge in [-0.2, -0.15) is 4.98 Å². The molecule has 138 valence electrons. The molecule has 7 nitrogen and oxygen atoms in total. The molecule has 0 radical (unpaired) electrons. The van der Waals surface area contributed by atoms with Crippen LogP contribution in [0.25, 0.3) is 11.4 Å². The largest absolute Gasteiger partial charge is 0.339 e. The number of rotatable bonds is 5. The van der Waals surface area contributed by atoms with Crippen LogP contribution in [0.4, 0.5) is 8.78 Å². The van der Waals surface area contributed by atoms with Crippen molar-refractivity contribution in [3.05, 3.63) is 71.6 Å². The molecule has 0 bridgehead atoms. The Morgan fingerprint density at radius 3 is 2.22 bits per heavy atom. The lowest BCUT2D eigenvalue weighted by Crippen LogP contribution is -2.41. The Morgan fingerprint density at radius 2 is 1.56 bits per heavy atom. The Kier molecular flexibility index (Phi) is 5.50. The fraction of sp³-hybridized carbons (Fsp3) is 0.111. The number of nitrogens with one attached hydrogen (secondary N) is 2. The van der Waals surface area contributed by atoms with Crippen molar-refractivity contribution in [3.8, 4) is 11.4 Å². The fourth-order valence-electron chi connectivity index (χ4n) is 2.16. The van der Waals surface area contributed by atoms with Crippen LogP contribution in [0.3, 0.4) is 0 Å². The van der Waals surface area contributed by atoms with Crippen LogP contribution in [0, 0.1) is 11.6 Å². The van der Waals surface area contributed by atoms with Crippen molar-refractivity contribution < 1.29 is 22.9 Å². The summed E-state index contributed by atoms with van der Waals surface area (Å²) in [6.45, 7) is 0.